The van der Waals surface area contributed by atoms with Gasteiger partial charge in [-0.25, -0.2) is 4.39 Å². The lowest BCUT2D eigenvalue weighted by atomic mass is 9.86. The summed E-state index contributed by atoms with van der Waals surface area (Å²) in [5.41, 5.74) is 1.45. The predicted octanol–water partition coefficient (Wildman–Crippen LogP) is 4.13. The molecule has 3 aliphatic rings. The van der Waals surface area contributed by atoms with Crippen LogP contribution in [0.3, 0.4) is 0 Å². The minimum atomic E-state index is -0.446. The third kappa shape index (κ3) is 6.78. The first kappa shape index (κ1) is 26.5. The van der Waals surface area contributed by atoms with Crippen molar-refractivity contribution >= 4 is 17.6 Å². The Balaban J connectivity index is 1.27. The van der Waals surface area contributed by atoms with Crippen molar-refractivity contribution in [2.24, 2.45) is 11.8 Å². The SMILES string of the molecule is CC(C)(C)OC(O)=[N+]1CCC(COc2ccc(C3=CCC(C(=O)N4CC[C@H](O)C4)CC3)cc2F)CC1. The van der Waals surface area contributed by atoms with Crippen molar-refractivity contribution in [3.8, 4) is 5.75 Å². The molecule has 2 fully saturated rings. The number of carbonyl (C=O) groups excluding carboxylic acids is 1. The van der Waals surface area contributed by atoms with E-state index in [4.69, 9.17) is 9.47 Å². The molecule has 1 unspecified atom stereocenters. The third-order valence-electron chi connectivity index (χ3n) is 7.29. The van der Waals surface area contributed by atoms with Crippen LogP contribution in [0.25, 0.3) is 5.57 Å². The van der Waals surface area contributed by atoms with Crippen LogP contribution in [0.2, 0.25) is 0 Å². The lowest BCUT2D eigenvalue weighted by Crippen LogP contribution is -2.37. The van der Waals surface area contributed by atoms with Crippen LogP contribution in [-0.2, 0) is 9.53 Å². The summed E-state index contributed by atoms with van der Waals surface area (Å²) in [4.78, 5) is 14.5. The molecule has 0 saturated carbocycles. The van der Waals surface area contributed by atoms with E-state index in [1.807, 2.05) is 31.4 Å². The lowest BCUT2D eigenvalue weighted by Gasteiger charge is -2.26. The second kappa shape index (κ2) is 11.2. The van der Waals surface area contributed by atoms with Gasteiger partial charge in [0.05, 0.1) is 12.7 Å². The van der Waals surface area contributed by atoms with Crippen LogP contribution < -0.4 is 4.74 Å². The summed E-state index contributed by atoms with van der Waals surface area (Å²) in [6, 6.07) is 5.11. The summed E-state index contributed by atoms with van der Waals surface area (Å²) in [6.45, 7) is 8.54. The molecule has 1 amide bonds. The Morgan fingerprint density at radius 2 is 1.94 bits per heavy atom. The van der Waals surface area contributed by atoms with Crippen LogP contribution in [0.15, 0.2) is 24.3 Å². The summed E-state index contributed by atoms with van der Waals surface area (Å²) >= 11 is 0. The molecule has 8 heteroatoms. The Morgan fingerprint density at radius 3 is 2.53 bits per heavy atom. The summed E-state index contributed by atoms with van der Waals surface area (Å²) in [6.07, 6.45) is 6.05. The second-order valence-corrected chi connectivity index (χ2v) is 11.3. The molecule has 0 spiro atoms. The maximum Gasteiger partial charge on any atom is 0.547 e. The van der Waals surface area contributed by atoms with Gasteiger partial charge in [-0.05, 0) is 69.7 Å². The number of benzene rings is 1. The van der Waals surface area contributed by atoms with Crippen LogP contribution in [0.5, 0.6) is 5.75 Å². The van der Waals surface area contributed by atoms with Crippen molar-refractivity contribution in [2.45, 2.75) is 71.0 Å². The number of ether oxygens (including phenoxy) is 2. The number of aliphatic hydroxyl groups is 2. The van der Waals surface area contributed by atoms with Crippen LogP contribution in [0, 0.1) is 17.7 Å². The van der Waals surface area contributed by atoms with Gasteiger partial charge < -0.3 is 24.6 Å². The van der Waals surface area contributed by atoms with Crippen molar-refractivity contribution in [1.82, 2.24) is 4.90 Å². The molecule has 2 heterocycles. The van der Waals surface area contributed by atoms with Crippen LogP contribution >= 0.6 is 0 Å². The van der Waals surface area contributed by atoms with Gasteiger partial charge in [-0.1, -0.05) is 12.1 Å². The van der Waals surface area contributed by atoms with E-state index in [1.165, 1.54) is 6.07 Å². The number of halogens is 1. The molecule has 1 aromatic carbocycles. The van der Waals surface area contributed by atoms with Gasteiger partial charge in [-0.15, -0.1) is 0 Å². The monoisotopic (exact) mass is 503 g/mol. The van der Waals surface area contributed by atoms with Gasteiger partial charge >= 0.3 is 6.08 Å². The number of likely N-dealkylation sites (tertiary alicyclic amines) is 1. The highest BCUT2D eigenvalue weighted by molar-refractivity contribution is 5.81. The quantitative estimate of drug-likeness (QED) is 0.466. The molecule has 1 aliphatic carbocycles. The van der Waals surface area contributed by atoms with Crippen LogP contribution in [0.4, 0.5) is 4.39 Å². The number of carbonyl (C=O) groups is 1. The Labute approximate surface area is 213 Å². The average Bonchev–Trinajstić information content (AvgIpc) is 3.28. The third-order valence-corrected chi connectivity index (χ3v) is 7.29. The van der Waals surface area contributed by atoms with E-state index in [-0.39, 0.29) is 35.4 Å². The van der Waals surface area contributed by atoms with Gasteiger partial charge in [0.1, 0.15) is 18.7 Å². The van der Waals surface area contributed by atoms with Gasteiger partial charge in [0.2, 0.25) is 5.91 Å². The number of allylic oxidation sites excluding steroid dienone is 2. The topological polar surface area (TPSA) is 82.2 Å². The van der Waals surface area contributed by atoms with Crippen LogP contribution in [-0.4, -0.2) is 76.2 Å². The van der Waals surface area contributed by atoms with Gasteiger partial charge in [0.25, 0.3) is 0 Å². The molecule has 0 aromatic heterocycles. The molecule has 36 heavy (non-hydrogen) atoms. The zero-order valence-corrected chi connectivity index (χ0v) is 21.7. The molecule has 2 aliphatic heterocycles. The van der Waals surface area contributed by atoms with Crippen molar-refractivity contribution in [2.75, 3.05) is 32.8 Å². The molecule has 2 saturated heterocycles. The highest BCUT2D eigenvalue weighted by Gasteiger charge is 2.31. The summed E-state index contributed by atoms with van der Waals surface area (Å²) in [5.74, 6) is 0.230. The predicted molar refractivity (Wildman–Crippen MR) is 136 cm³/mol. The summed E-state index contributed by atoms with van der Waals surface area (Å²) in [7, 11) is 0. The van der Waals surface area contributed by atoms with Gasteiger partial charge in [-0.3, -0.25) is 4.79 Å². The lowest BCUT2D eigenvalue weighted by molar-refractivity contribution is -0.558. The largest absolute Gasteiger partial charge is 0.547 e. The van der Waals surface area contributed by atoms with Crippen molar-refractivity contribution < 1.29 is 33.4 Å². The molecule has 2 N–H and O–H groups in total. The Morgan fingerprint density at radius 1 is 1.19 bits per heavy atom. The Bertz CT molecular complexity index is 1010. The first-order chi connectivity index (χ1) is 17.1. The molecule has 4 rings (SSSR count). The minimum Gasteiger partial charge on any atom is -0.490 e. The number of aliphatic hydroxyl groups excluding tert-OH is 2. The summed E-state index contributed by atoms with van der Waals surface area (Å²) < 4.78 is 28.0. The maximum absolute atomic E-state index is 14.8. The molecule has 0 radical (unpaired) electrons. The number of rotatable bonds is 5. The number of piperidine rings is 1. The fraction of sp³-hybridized carbons (Fsp3) is 0.643. The second-order valence-electron chi connectivity index (χ2n) is 11.3. The van der Waals surface area contributed by atoms with E-state index in [2.05, 4.69) is 6.08 Å². The average molecular weight is 504 g/mol. The number of hydrogen-bond acceptors (Lipinski definition) is 4. The van der Waals surface area contributed by atoms with Crippen molar-refractivity contribution in [3.63, 3.8) is 0 Å². The Hall–Kier alpha value is -2.61. The zero-order chi connectivity index (χ0) is 25.9. The summed E-state index contributed by atoms with van der Waals surface area (Å²) in [5, 5.41) is 19.9. The standard InChI is InChI=1S/C28H39FN2O5/c1-28(2,3)36-27(34)30-13-10-19(11-14-30)18-35-25-9-8-22(16-24(25)29)20-4-6-21(7-5-20)26(33)31-15-12-23(32)17-31/h4,8-9,16,19,21,23,32H,5-7,10-15,17-18H2,1-3H3/p+1/t21?,23-/m0/s1. The molecule has 0 bridgehead atoms. The van der Waals surface area contributed by atoms with Gasteiger partial charge in [-0.2, -0.15) is 4.58 Å². The molecule has 2 atom stereocenters. The highest BCUT2D eigenvalue weighted by atomic mass is 19.1. The van der Waals surface area contributed by atoms with E-state index in [0.717, 1.165) is 36.8 Å². The molecule has 1 aromatic rings. The smallest absolute Gasteiger partial charge is 0.490 e. The first-order valence-corrected chi connectivity index (χ1v) is 13.2. The first-order valence-electron chi connectivity index (χ1n) is 13.2. The molecular formula is C28H40FN2O5+. The minimum absolute atomic E-state index is 0.0361. The van der Waals surface area contributed by atoms with Crippen molar-refractivity contribution in [3.05, 3.63) is 35.7 Å². The van der Waals surface area contributed by atoms with Crippen molar-refractivity contribution in [1.29, 1.82) is 0 Å². The zero-order valence-electron chi connectivity index (χ0n) is 21.7. The normalized spacial score (nSPS) is 24.9. The van der Waals surface area contributed by atoms with Gasteiger partial charge in [0.15, 0.2) is 11.6 Å². The molecular weight excluding hydrogens is 463 g/mol. The van der Waals surface area contributed by atoms with E-state index in [0.29, 0.717) is 45.6 Å². The van der Waals surface area contributed by atoms with Crippen LogP contribution in [0.1, 0.15) is 64.9 Å². The fourth-order valence-electron chi connectivity index (χ4n) is 5.18. The molecule has 198 valence electrons. The number of β-amino-alcohol motifs (C(OH)–C–C–N with tert-alkyl or cyclic N) is 1. The molecule has 7 nitrogen and oxygen atoms in total. The van der Waals surface area contributed by atoms with E-state index < -0.39 is 11.7 Å². The number of amides is 1. The van der Waals surface area contributed by atoms with Gasteiger partial charge in [0, 0.05) is 37.8 Å². The Kier molecular flexibility index (Phi) is 8.23. The fourth-order valence-corrected chi connectivity index (χ4v) is 5.18. The van der Waals surface area contributed by atoms with E-state index >= 15 is 0 Å². The number of nitrogens with zero attached hydrogens (tertiary/aromatic N) is 2. The number of hydrogen-bond donors (Lipinski definition) is 2. The van der Waals surface area contributed by atoms with E-state index in [1.54, 1.807) is 11.0 Å². The maximum atomic E-state index is 14.8. The highest BCUT2D eigenvalue weighted by Crippen LogP contribution is 2.33. The van der Waals surface area contributed by atoms with E-state index in [9.17, 15) is 19.4 Å².